The number of benzene rings is 1. The minimum absolute atomic E-state index is 0.0429. The summed E-state index contributed by atoms with van der Waals surface area (Å²) < 4.78 is 31.3. The van der Waals surface area contributed by atoms with E-state index in [2.05, 4.69) is 10.0 Å². The lowest BCUT2D eigenvalue weighted by molar-refractivity contribution is -0.121. The molecule has 2 aromatic rings. The van der Waals surface area contributed by atoms with Crippen LogP contribution in [-0.2, 0) is 21.4 Å². The molecule has 7 heteroatoms. The van der Waals surface area contributed by atoms with Crippen molar-refractivity contribution in [1.82, 2.24) is 10.0 Å². The van der Waals surface area contributed by atoms with Gasteiger partial charge in [0.2, 0.25) is 15.9 Å². The SMILES string of the molecule is O=C(CCNS(=O)(=O)c1ccccc1)NCc1ccco1. The number of nitrogens with one attached hydrogen (secondary N) is 2. The first kappa shape index (κ1) is 15.3. The van der Waals surface area contributed by atoms with Gasteiger partial charge in [-0.25, -0.2) is 13.1 Å². The van der Waals surface area contributed by atoms with E-state index in [4.69, 9.17) is 4.42 Å². The maximum Gasteiger partial charge on any atom is 0.240 e. The number of hydrogen-bond donors (Lipinski definition) is 2. The van der Waals surface area contributed by atoms with Crippen molar-refractivity contribution in [2.24, 2.45) is 0 Å². The molecule has 2 N–H and O–H groups in total. The van der Waals surface area contributed by atoms with Gasteiger partial charge in [0.15, 0.2) is 0 Å². The van der Waals surface area contributed by atoms with Crippen molar-refractivity contribution in [2.45, 2.75) is 17.9 Å². The number of furan rings is 1. The van der Waals surface area contributed by atoms with Crippen LogP contribution in [0, 0.1) is 0 Å². The second-order valence-electron chi connectivity index (χ2n) is 4.32. The van der Waals surface area contributed by atoms with Crippen molar-refractivity contribution in [3.8, 4) is 0 Å². The topological polar surface area (TPSA) is 88.4 Å². The molecule has 0 aliphatic carbocycles. The van der Waals surface area contributed by atoms with Gasteiger partial charge in [0.05, 0.1) is 17.7 Å². The third kappa shape index (κ3) is 4.73. The fourth-order valence-electron chi connectivity index (χ4n) is 1.67. The molecule has 0 fully saturated rings. The van der Waals surface area contributed by atoms with Gasteiger partial charge in [-0.05, 0) is 24.3 Å². The molecule has 0 bridgehead atoms. The zero-order valence-corrected chi connectivity index (χ0v) is 12.1. The molecule has 1 aromatic heterocycles. The Hall–Kier alpha value is -2.12. The summed E-state index contributed by atoms with van der Waals surface area (Å²) in [5, 5.41) is 2.64. The summed E-state index contributed by atoms with van der Waals surface area (Å²) >= 11 is 0. The van der Waals surface area contributed by atoms with Crippen LogP contribution < -0.4 is 10.0 Å². The molecule has 1 aromatic carbocycles. The van der Waals surface area contributed by atoms with E-state index in [-0.39, 0.29) is 30.3 Å². The molecule has 0 spiro atoms. The van der Waals surface area contributed by atoms with Gasteiger partial charge in [-0.3, -0.25) is 4.79 Å². The maximum absolute atomic E-state index is 11.9. The third-order valence-electron chi connectivity index (χ3n) is 2.74. The molecule has 0 unspecified atom stereocenters. The normalized spacial score (nSPS) is 11.2. The zero-order valence-electron chi connectivity index (χ0n) is 11.3. The summed E-state index contributed by atoms with van der Waals surface area (Å²) in [6.07, 6.45) is 1.59. The van der Waals surface area contributed by atoms with E-state index in [1.165, 1.54) is 18.4 Å². The lowest BCUT2D eigenvalue weighted by atomic mass is 10.4. The van der Waals surface area contributed by atoms with Crippen molar-refractivity contribution in [2.75, 3.05) is 6.54 Å². The van der Waals surface area contributed by atoms with E-state index in [1.807, 2.05) is 0 Å². The average Bonchev–Trinajstić information content (AvgIpc) is 2.99. The molecule has 0 radical (unpaired) electrons. The summed E-state index contributed by atoms with van der Waals surface area (Å²) in [4.78, 5) is 11.8. The quantitative estimate of drug-likeness (QED) is 0.806. The third-order valence-corrected chi connectivity index (χ3v) is 4.21. The van der Waals surface area contributed by atoms with E-state index in [9.17, 15) is 13.2 Å². The van der Waals surface area contributed by atoms with E-state index >= 15 is 0 Å². The number of sulfonamides is 1. The Morgan fingerprint density at radius 2 is 1.86 bits per heavy atom. The Morgan fingerprint density at radius 1 is 1.10 bits per heavy atom. The highest BCUT2D eigenvalue weighted by Crippen LogP contribution is 2.06. The molecule has 112 valence electrons. The van der Waals surface area contributed by atoms with Crippen molar-refractivity contribution in [3.63, 3.8) is 0 Å². The number of carbonyl (C=O) groups excluding carboxylic acids is 1. The van der Waals surface area contributed by atoms with Crippen molar-refractivity contribution >= 4 is 15.9 Å². The molecule has 2 rings (SSSR count). The predicted octanol–water partition coefficient (Wildman–Crippen LogP) is 1.26. The first-order chi connectivity index (χ1) is 10.1. The van der Waals surface area contributed by atoms with Gasteiger partial charge in [0.25, 0.3) is 0 Å². The first-order valence-corrected chi connectivity index (χ1v) is 7.90. The van der Waals surface area contributed by atoms with Gasteiger partial charge < -0.3 is 9.73 Å². The van der Waals surface area contributed by atoms with Crippen LogP contribution in [0.2, 0.25) is 0 Å². The monoisotopic (exact) mass is 308 g/mol. The lowest BCUT2D eigenvalue weighted by Gasteiger charge is -2.07. The summed E-state index contributed by atoms with van der Waals surface area (Å²) in [6, 6.07) is 11.5. The summed E-state index contributed by atoms with van der Waals surface area (Å²) in [7, 11) is -3.56. The fourth-order valence-corrected chi connectivity index (χ4v) is 2.72. The number of carbonyl (C=O) groups is 1. The Balaban J connectivity index is 1.75. The van der Waals surface area contributed by atoms with E-state index in [1.54, 1.807) is 30.3 Å². The minimum atomic E-state index is -3.56. The van der Waals surface area contributed by atoms with Crippen LogP contribution in [0.3, 0.4) is 0 Å². The smallest absolute Gasteiger partial charge is 0.240 e. The highest BCUT2D eigenvalue weighted by atomic mass is 32.2. The number of hydrogen-bond acceptors (Lipinski definition) is 4. The largest absolute Gasteiger partial charge is 0.467 e. The Morgan fingerprint density at radius 3 is 2.52 bits per heavy atom. The molecule has 21 heavy (non-hydrogen) atoms. The molecule has 6 nitrogen and oxygen atoms in total. The lowest BCUT2D eigenvalue weighted by Crippen LogP contribution is -2.30. The summed E-state index contributed by atoms with van der Waals surface area (Å²) in [5.41, 5.74) is 0. The van der Waals surface area contributed by atoms with Crippen molar-refractivity contribution in [3.05, 3.63) is 54.5 Å². The van der Waals surface area contributed by atoms with Crippen LogP contribution in [0.1, 0.15) is 12.2 Å². The van der Waals surface area contributed by atoms with Crippen molar-refractivity contribution in [1.29, 1.82) is 0 Å². The summed E-state index contributed by atoms with van der Waals surface area (Å²) in [6.45, 7) is 0.332. The van der Waals surface area contributed by atoms with Crippen LogP contribution in [-0.4, -0.2) is 20.9 Å². The van der Waals surface area contributed by atoms with E-state index in [0.717, 1.165) is 0 Å². The molecule has 0 aliphatic heterocycles. The van der Waals surface area contributed by atoms with Crippen LogP contribution in [0.25, 0.3) is 0 Å². The summed E-state index contributed by atoms with van der Waals surface area (Å²) in [5.74, 6) is 0.398. The minimum Gasteiger partial charge on any atom is -0.467 e. The molecule has 0 atom stereocenters. The Kier molecular flexibility index (Phi) is 5.13. The van der Waals surface area contributed by atoms with Gasteiger partial charge in [0.1, 0.15) is 5.76 Å². The molecular formula is C14H16N2O4S. The molecule has 0 saturated heterocycles. The van der Waals surface area contributed by atoms with Gasteiger partial charge >= 0.3 is 0 Å². The second-order valence-corrected chi connectivity index (χ2v) is 6.08. The van der Waals surface area contributed by atoms with Crippen LogP contribution in [0.15, 0.2) is 58.0 Å². The standard InChI is InChI=1S/C14H16N2O4S/c17-14(15-11-12-5-4-10-20-12)8-9-16-21(18,19)13-6-2-1-3-7-13/h1-7,10,16H,8-9,11H2,(H,15,17). The number of amides is 1. The van der Waals surface area contributed by atoms with E-state index < -0.39 is 10.0 Å². The van der Waals surface area contributed by atoms with Gasteiger partial charge in [0, 0.05) is 13.0 Å². The van der Waals surface area contributed by atoms with Crippen molar-refractivity contribution < 1.29 is 17.6 Å². The molecule has 0 aliphatic rings. The molecule has 1 heterocycles. The van der Waals surface area contributed by atoms with E-state index in [0.29, 0.717) is 5.76 Å². The zero-order chi connectivity index (χ0) is 15.1. The van der Waals surface area contributed by atoms with Gasteiger partial charge in [-0.15, -0.1) is 0 Å². The van der Waals surface area contributed by atoms with Crippen LogP contribution in [0.4, 0.5) is 0 Å². The first-order valence-electron chi connectivity index (χ1n) is 6.42. The highest BCUT2D eigenvalue weighted by Gasteiger charge is 2.13. The predicted molar refractivity (Wildman–Crippen MR) is 76.8 cm³/mol. The molecule has 0 saturated carbocycles. The highest BCUT2D eigenvalue weighted by molar-refractivity contribution is 7.89. The maximum atomic E-state index is 11.9. The average molecular weight is 308 g/mol. The van der Waals surface area contributed by atoms with Crippen LogP contribution in [0.5, 0.6) is 0 Å². The van der Waals surface area contributed by atoms with Crippen LogP contribution >= 0.6 is 0 Å². The Bertz CT molecular complexity index is 666. The van der Waals surface area contributed by atoms with Gasteiger partial charge in [-0.1, -0.05) is 18.2 Å². The number of rotatable bonds is 7. The van der Waals surface area contributed by atoms with Gasteiger partial charge in [-0.2, -0.15) is 0 Å². The molecule has 1 amide bonds. The second kappa shape index (κ2) is 7.05. The Labute approximate surface area is 123 Å². The fraction of sp³-hybridized carbons (Fsp3) is 0.214. The molecular weight excluding hydrogens is 292 g/mol.